The SMILES string of the molecule is CN1B(c2ccccc2)c2ccccc2C1c1ccccc1. The maximum absolute atomic E-state index is 2.48. The lowest BCUT2D eigenvalue weighted by atomic mass is 9.51. The van der Waals surface area contributed by atoms with E-state index in [9.17, 15) is 0 Å². The summed E-state index contributed by atoms with van der Waals surface area (Å²) in [6.07, 6.45) is 0. The molecule has 0 aromatic heterocycles. The molecule has 0 spiro atoms. The topological polar surface area (TPSA) is 3.24 Å². The zero-order chi connectivity index (χ0) is 14.9. The Hall–Kier alpha value is -2.32. The Kier molecular flexibility index (Phi) is 3.32. The van der Waals surface area contributed by atoms with Gasteiger partial charge in [0, 0.05) is 0 Å². The number of nitrogens with zero attached hydrogens (tertiary/aromatic N) is 1. The second-order valence-corrected chi connectivity index (χ2v) is 5.92. The van der Waals surface area contributed by atoms with Gasteiger partial charge in [-0.2, -0.15) is 0 Å². The van der Waals surface area contributed by atoms with Gasteiger partial charge in [0.1, 0.15) is 0 Å². The molecule has 0 radical (unpaired) electrons. The Morgan fingerprint density at radius 1 is 0.727 bits per heavy atom. The Morgan fingerprint density at radius 2 is 1.32 bits per heavy atom. The molecule has 1 unspecified atom stereocenters. The molecule has 0 amide bonds. The van der Waals surface area contributed by atoms with Crippen molar-refractivity contribution in [3.8, 4) is 0 Å². The van der Waals surface area contributed by atoms with Crippen LogP contribution in [0.2, 0.25) is 0 Å². The Labute approximate surface area is 132 Å². The summed E-state index contributed by atoms with van der Waals surface area (Å²) in [7, 11) is 2.23. The number of rotatable bonds is 2. The number of hydrogen-bond donors (Lipinski definition) is 0. The highest BCUT2D eigenvalue weighted by atomic mass is 15.1. The van der Waals surface area contributed by atoms with Crippen LogP contribution in [0.4, 0.5) is 0 Å². The molecule has 4 rings (SSSR count). The molecule has 3 aromatic carbocycles. The number of benzene rings is 3. The van der Waals surface area contributed by atoms with Crippen LogP contribution < -0.4 is 10.9 Å². The van der Waals surface area contributed by atoms with Crippen molar-refractivity contribution in [2.45, 2.75) is 6.04 Å². The smallest absolute Gasteiger partial charge is 0.293 e. The molecule has 0 bridgehead atoms. The first-order valence-corrected chi connectivity index (χ1v) is 7.77. The molecule has 0 aliphatic carbocycles. The molecule has 3 aromatic rings. The molecular formula is C20H18BN. The van der Waals surface area contributed by atoms with Gasteiger partial charge >= 0.3 is 0 Å². The lowest BCUT2D eigenvalue weighted by Gasteiger charge is -2.25. The first kappa shape index (κ1) is 13.4. The zero-order valence-corrected chi connectivity index (χ0v) is 12.7. The van der Waals surface area contributed by atoms with Crippen LogP contribution in [0.15, 0.2) is 84.9 Å². The van der Waals surface area contributed by atoms with Crippen molar-refractivity contribution < 1.29 is 0 Å². The molecule has 106 valence electrons. The van der Waals surface area contributed by atoms with Crippen LogP contribution in [-0.4, -0.2) is 18.7 Å². The molecule has 0 saturated heterocycles. The fraction of sp³-hybridized carbons (Fsp3) is 0.100. The molecule has 0 saturated carbocycles. The summed E-state index contributed by atoms with van der Waals surface area (Å²) in [5.41, 5.74) is 5.56. The van der Waals surface area contributed by atoms with E-state index in [0.29, 0.717) is 12.9 Å². The standard InChI is InChI=1S/C20H18BN/c1-22-20(16-10-4-2-5-11-16)18-14-8-9-15-19(18)21(22)17-12-6-3-7-13-17/h2-15,20H,1H3. The van der Waals surface area contributed by atoms with Gasteiger partial charge in [0.25, 0.3) is 6.85 Å². The minimum Gasteiger partial charge on any atom is -0.327 e. The summed E-state index contributed by atoms with van der Waals surface area (Å²) in [5.74, 6) is 0. The first-order valence-electron chi connectivity index (χ1n) is 7.77. The summed E-state index contributed by atoms with van der Waals surface area (Å²) in [6, 6.07) is 30.7. The number of hydrogen-bond acceptors (Lipinski definition) is 1. The van der Waals surface area contributed by atoms with E-state index in [1.165, 1.54) is 22.1 Å². The second-order valence-electron chi connectivity index (χ2n) is 5.92. The normalized spacial score (nSPS) is 17.5. The van der Waals surface area contributed by atoms with Gasteiger partial charge in [-0.1, -0.05) is 95.9 Å². The fourth-order valence-electron chi connectivity index (χ4n) is 3.70. The van der Waals surface area contributed by atoms with Gasteiger partial charge < -0.3 is 4.81 Å². The van der Waals surface area contributed by atoms with Gasteiger partial charge in [0.2, 0.25) is 0 Å². The third-order valence-corrected chi connectivity index (χ3v) is 4.63. The molecule has 0 fully saturated rings. The van der Waals surface area contributed by atoms with Crippen LogP contribution in [0.5, 0.6) is 0 Å². The van der Waals surface area contributed by atoms with Crippen LogP contribution in [0.25, 0.3) is 0 Å². The summed E-state index contributed by atoms with van der Waals surface area (Å²) >= 11 is 0. The van der Waals surface area contributed by atoms with Crippen molar-refractivity contribution in [2.24, 2.45) is 0 Å². The van der Waals surface area contributed by atoms with E-state index in [1.807, 2.05) is 0 Å². The van der Waals surface area contributed by atoms with Crippen molar-refractivity contribution in [1.82, 2.24) is 4.81 Å². The van der Waals surface area contributed by atoms with Crippen molar-refractivity contribution in [2.75, 3.05) is 7.05 Å². The maximum Gasteiger partial charge on any atom is 0.293 e. The molecule has 22 heavy (non-hydrogen) atoms. The predicted octanol–water partition coefficient (Wildman–Crippen LogP) is 2.83. The lowest BCUT2D eigenvalue weighted by Crippen LogP contribution is -2.50. The van der Waals surface area contributed by atoms with Crippen molar-refractivity contribution in [3.63, 3.8) is 0 Å². The van der Waals surface area contributed by atoms with Gasteiger partial charge in [-0.15, -0.1) is 0 Å². The van der Waals surface area contributed by atoms with Crippen molar-refractivity contribution in [3.05, 3.63) is 96.1 Å². The monoisotopic (exact) mass is 283 g/mol. The molecule has 2 heteroatoms. The van der Waals surface area contributed by atoms with E-state index in [-0.39, 0.29) is 0 Å². The molecule has 1 atom stereocenters. The van der Waals surface area contributed by atoms with Gasteiger partial charge in [-0.05, 0) is 18.2 Å². The fourth-order valence-corrected chi connectivity index (χ4v) is 3.70. The van der Waals surface area contributed by atoms with Gasteiger partial charge in [0.15, 0.2) is 0 Å². The maximum atomic E-state index is 2.48. The lowest BCUT2D eigenvalue weighted by molar-refractivity contribution is 0.467. The van der Waals surface area contributed by atoms with Crippen LogP contribution in [0.3, 0.4) is 0 Å². The largest absolute Gasteiger partial charge is 0.327 e. The minimum atomic E-state index is 0.322. The molecule has 0 N–H and O–H groups in total. The summed E-state index contributed by atoms with van der Waals surface area (Å²) in [5, 5.41) is 0. The van der Waals surface area contributed by atoms with E-state index in [4.69, 9.17) is 0 Å². The predicted molar refractivity (Wildman–Crippen MR) is 94.0 cm³/mol. The van der Waals surface area contributed by atoms with E-state index in [0.717, 1.165) is 0 Å². The third kappa shape index (κ3) is 2.08. The summed E-state index contributed by atoms with van der Waals surface area (Å²) in [6.45, 7) is 0.322. The van der Waals surface area contributed by atoms with E-state index in [2.05, 4.69) is 96.8 Å². The summed E-state index contributed by atoms with van der Waals surface area (Å²) in [4.78, 5) is 2.48. The molecule has 1 nitrogen and oxygen atoms in total. The molecular weight excluding hydrogens is 265 g/mol. The second kappa shape index (κ2) is 5.47. The molecule has 1 heterocycles. The Bertz CT molecular complexity index is 703. The van der Waals surface area contributed by atoms with Gasteiger partial charge in [-0.25, -0.2) is 0 Å². The average molecular weight is 283 g/mol. The van der Waals surface area contributed by atoms with Crippen molar-refractivity contribution >= 4 is 17.8 Å². The van der Waals surface area contributed by atoms with E-state index >= 15 is 0 Å². The quantitative estimate of drug-likeness (QED) is 0.654. The van der Waals surface area contributed by atoms with Crippen LogP contribution in [0, 0.1) is 0 Å². The Morgan fingerprint density at radius 3 is 2.05 bits per heavy atom. The highest BCUT2D eigenvalue weighted by Gasteiger charge is 2.40. The van der Waals surface area contributed by atoms with Gasteiger partial charge in [-0.3, -0.25) is 0 Å². The third-order valence-electron chi connectivity index (χ3n) is 4.63. The van der Waals surface area contributed by atoms with Crippen LogP contribution >= 0.6 is 0 Å². The number of fused-ring (bicyclic) bond motifs is 1. The van der Waals surface area contributed by atoms with Crippen LogP contribution in [0.1, 0.15) is 17.2 Å². The first-order chi connectivity index (χ1) is 10.9. The summed E-state index contributed by atoms with van der Waals surface area (Å²) < 4.78 is 0. The minimum absolute atomic E-state index is 0.322. The average Bonchev–Trinajstić information content (AvgIpc) is 2.88. The molecule has 1 aliphatic rings. The van der Waals surface area contributed by atoms with E-state index < -0.39 is 0 Å². The highest BCUT2D eigenvalue weighted by molar-refractivity contribution is 6.84. The van der Waals surface area contributed by atoms with Crippen molar-refractivity contribution in [1.29, 1.82) is 0 Å². The zero-order valence-electron chi connectivity index (χ0n) is 12.7. The van der Waals surface area contributed by atoms with Crippen LogP contribution in [-0.2, 0) is 0 Å². The van der Waals surface area contributed by atoms with E-state index in [1.54, 1.807) is 0 Å². The van der Waals surface area contributed by atoms with Gasteiger partial charge in [0.05, 0.1) is 6.04 Å². The Balaban J connectivity index is 1.87. The highest BCUT2D eigenvalue weighted by Crippen LogP contribution is 2.32. The molecule has 1 aliphatic heterocycles.